The number of rotatable bonds is 8. The summed E-state index contributed by atoms with van der Waals surface area (Å²) >= 11 is 9.06. The van der Waals surface area contributed by atoms with Crippen molar-refractivity contribution in [2.24, 2.45) is 0 Å². The highest BCUT2D eigenvalue weighted by Crippen LogP contribution is 2.38. The van der Waals surface area contributed by atoms with Crippen LogP contribution in [0.25, 0.3) is 0 Å². The van der Waals surface area contributed by atoms with Crippen LogP contribution >= 0.6 is 27.5 Å². The molecule has 0 spiro atoms. The number of carbonyl (C=O) groups excluding carboxylic acids is 2. The minimum atomic E-state index is -4.70. The molecule has 0 saturated heterocycles. The Morgan fingerprint density at radius 3 is 2.55 bits per heavy atom. The molecule has 0 bridgehead atoms. The normalized spacial score (nSPS) is 11.1. The largest absolute Gasteiger partial charge is 0.494 e. The first-order chi connectivity index (χ1) is 13.7. The van der Waals surface area contributed by atoms with Crippen LogP contribution in [0.1, 0.15) is 18.4 Å². The van der Waals surface area contributed by atoms with E-state index in [9.17, 15) is 22.8 Å². The number of para-hydroxylation sites is 1. The van der Waals surface area contributed by atoms with E-state index in [0.29, 0.717) is 12.2 Å². The predicted octanol–water partition coefficient (Wildman–Crippen LogP) is 5.46. The lowest BCUT2D eigenvalue weighted by Gasteiger charge is -2.15. The predicted molar refractivity (Wildman–Crippen MR) is 105 cm³/mol. The molecular formula is C19H16BrClF3NO4. The lowest BCUT2D eigenvalue weighted by Crippen LogP contribution is -2.23. The number of nitrogens with one attached hydrogen (secondary N) is 1. The summed E-state index contributed by atoms with van der Waals surface area (Å²) in [5.74, 6) is -0.970. The van der Waals surface area contributed by atoms with Crippen molar-refractivity contribution in [3.8, 4) is 5.75 Å². The number of benzene rings is 2. The first kappa shape index (κ1) is 23.0. The van der Waals surface area contributed by atoms with Gasteiger partial charge in [0.1, 0.15) is 5.75 Å². The van der Waals surface area contributed by atoms with Crippen molar-refractivity contribution < 1.29 is 32.2 Å². The fourth-order valence-electron chi connectivity index (χ4n) is 2.24. The van der Waals surface area contributed by atoms with Gasteiger partial charge in [0.05, 0.1) is 22.9 Å². The molecule has 0 aromatic heterocycles. The zero-order valence-corrected chi connectivity index (χ0v) is 17.2. The summed E-state index contributed by atoms with van der Waals surface area (Å²) in [6.07, 6.45) is -4.37. The van der Waals surface area contributed by atoms with Crippen molar-refractivity contribution in [3.63, 3.8) is 0 Å². The van der Waals surface area contributed by atoms with E-state index < -0.39 is 35.9 Å². The Kier molecular flexibility index (Phi) is 8.33. The molecule has 0 aliphatic carbocycles. The second-order valence-electron chi connectivity index (χ2n) is 5.78. The summed E-state index contributed by atoms with van der Waals surface area (Å²) in [4.78, 5) is 23.5. The quantitative estimate of drug-likeness (QED) is 0.391. The van der Waals surface area contributed by atoms with Crippen molar-refractivity contribution >= 4 is 45.1 Å². The zero-order valence-electron chi connectivity index (χ0n) is 14.9. The number of ether oxygens (including phenoxy) is 2. The molecule has 1 N–H and O–H groups in total. The first-order valence-corrected chi connectivity index (χ1v) is 9.53. The number of hydrogen-bond acceptors (Lipinski definition) is 4. The fourth-order valence-corrected chi connectivity index (χ4v) is 2.84. The second-order valence-corrected chi connectivity index (χ2v) is 7.10. The molecule has 29 heavy (non-hydrogen) atoms. The average Bonchev–Trinajstić information content (AvgIpc) is 2.64. The fraction of sp³-hybridized carbons (Fsp3) is 0.263. The Hall–Kier alpha value is -2.26. The summed E-state index contributed by atoms with van der Waals surface area (Å²) < 4.78 is 50.1. The Labute approximate surface area is 178 Å². The van der Waals surface area contributed by atoms with Crippen LogP contribution < -0.4 is 10.1 Å². The maximum Gasteiger partial charge on any atom is 0.418 e. The molecule has 2 aromatic carbocycles. The van der Waals surface area contributed by atoms with Crippen molar-refractivity contribution in [2.75, 3.05) is 18.5 Å². The molecule has 2 rings (SSSR count). The van der Waals surface area contributed by atoms with Crippen LogP contribution in [0.5, 0.6) is 5.75 Å². The number of anilines is 1. The summed E-state index contributed by atoms with van der Waals surface area (Å²) in [7, 11) is 0. The van der Waals surface area contributed by atoms with Gasteiger partial charge in [-0.25, -0.2) is 0 Å². The van der Waals surface area contributed by atoms with E-state index in [0.717, 1.165) is 16.6 Å². The minimum Gasteiger partial charge on any atom is -0.494 e. The highest BCUT2D eigenvalue weighted by Gasteiger charge is 2.34. The average molecular weight is 495 g/mol. The van der Waals surface area contributed by atoms with Crippen molar-refractivity contribution in [1.82, 2.24) is 0 Å². The van der Waals surface area contributed by atoms with Crippen LogP contribution in [0.3, 0.4) is 0 Å². The number of hydrogen-bond donors (Lipinski definition) is 1. The number of esters is 1. The van der Waals surface area contributed by atoms with Crippen molar-refractivity contribution in [3.05, 3.63) is 57.5 Å². The highest BCUT2D eigenvalue weighted by molar-refractivity contribution is 9.10. The minimum absolute atomic E-state index is 0.0127. The molecule has 0 radical (unpaired) electrons. The third-order valence-corrected chi connectivity index (χ3v) is 4.35. The molecule has 0 atom stereocenters. The van der Waals surface area contributed by atoms with Crippen LogP contribution in [0.4, 0.5) is 18.9 Å². The highest BCUT2D eigenvalue weighted by atomic mass is 79.9. The molecule has 1 amide bonds. The summed E-state index contributed by atoms with van der Waals surface area (Å²) in [6, 6.07) is 10.3. The Morgan fingerprint density at radius 2 is 1.86 bits per heavy atom. The van der Waals surface area contributed by atoms with Gasteiger partial charge < -0.3 is 14.8 Å². The Balaban J connectivity index is 1.76. The van der Waals surface area contributed by atoms with Gasteiger partial charge in [0.2, 0.25) is 0 Å². The van der Waals surface area contributed by atoms with Crippen LogP contribution in [0, 0.1) is 0 Å². The third-order valence-electron chi connectivity index (χ3n) is 3.54. The van der Waals surface area contributed by atoms with E-state index in [1.54, 1.807) is 18.2 Å². The maximum atomic E-state index is 13.0. The van der Waals surface area contributed by atoms with Gasteiger partial charge in [-0.1, -0.05) is 39.7 Å². The first-order valence-electron chi connectivity index (χ1n) is 8.36. The van der Waals surface area contributed by atoms with Gasteiger partial charge in [0, 0.05) is 10.9 Å². The number of amides is 1. The zero-order chi connectivity index (χ0) is 21.4. The lowest BCUT2D eigenvalue weighted by molar-refractivity contribution is -0.147. The van der Waals surface area contributed by atoms with E-state index in [4.69, 9.17) is 21.1 Å². The number of alkyl halides is 3. The van der Waals surface area contributed by atoms with Gasteiger partial charge >= 0.3 is 12.1 Å². The molecular weight excluding hydrogens is 479 g/mol. The van der Waals surface area contributed by atoms with Gasteiger partial charge in [0.25, 0.3) is 5.91 Å². The maximum absolute atomic E-state index is 13.0. The van der Waals surface area contributed by atoms with E-state index in [1.807, 2.05) is 11.4 Å². The smallest absolute Gasteiger partial charge is 0.418 e. The Bertz CT molecular complexity index is 877. The summed E-state index contributed by atoms with van der Waals surface area (Å²) in [5, 5.41) is 1.76. The van der Waals surface area contributed by atoms with Crippen LogP contribution in [0.2, 0.25) is 5.02 Å². The van der Waals surface area contributed by atoms with E-state index in [1.165, 1.54) is 6.07 Å². The molecule has 2 aromatic rings. The van der Waals surface area contributed by atoms with Crippen LogP contribution in [-0.4, -0.2) is 25.1 Å². The summed E-state index contributed by atoms with van der Waals surface area (Å²) in [6.45, 7) is -0.472. The van der Waals surface area contributed by atoms with E-state index in [2.05, 4.69) is 15.9 Å². The monoisotopic (exact) mass is 493 g/mol. The molecule has 156 valence electrons. The van der Waals surface area contributed by atoms with Gasteiger partial charge in [-0.3, -0.25) is 9.59 Å². The molecule has 0 saturated carbocycles. The molecule has 10 heteroatoms. The molecule has 0 unspecified atom stereocenters. The van der Waals surface area contributed by atoms with Crippen molar-refractivity contribution in [2.45, 2.75) is 19.0 Å². The van der Waals surface area contributed by atoms with Gasteiger partial charge in [0.15, 0.2) is 6.61 Å². The summed E-state index contributed by atoms with van der Waals surface area (Å²) in [5.41, 5.74) is -1.67. The molecule has 5 nitrogen and oxygen atoms in total. The number of halogens is 5. The molecule has 0 fully saturated rings. The van der Waals surface area contributed by atoms with Gasteiger partial charge in [-0.05, 0) is 36.8 Å². The van der Waals surface area contributed by atoms with Crippen molar-refractivity contribution in [1.29, 1.82) is 0 Å². The van der Waals surface area contributed by atoms with Gasteiger partial charge in [-0.2, -0.15) is 13.2 Å². The topological polar surface area (TPSA) is 64.6 Å². The third kappa shape index (κ3) is 7.58. The SMILES string of the molecule is O=C(COC(=O)CCCOc1cccc(Br)c1)Nc1c(Cl)cccc1C(F)(F)F. The molecule has 0 aliphatic rings. The van der Waals surface area contributed by atoms with E-state index >= 15 is 0 Å². The number of carbonyl (C=O) groups is 2. The molecule has 0 heterocycles. The Morgan fingerprint density at radius 1 is 1.14 bits per heavy atom. The standard InChI is InChI=1S/C19H16BrClF3NO4/c20-12-4-1-5-13(10-12)28-9-3-8-17(27)29-11-16(26)25-18-14(19(22,23)24)6-2-7-15(18)21/h1-2,4-7,10H,3,8-9,11H2,(H,25,26). The van der Waals surface area contributed by atoms with Crippen LogP contribution in [0.15, 0.2) is 46.9 Å². The van der Waals surface area contributed by atoms with Gasteiger partial charge in [-0.15, -0.1) is 0 Å². The second kappa shape index (κ2) is 10.5. The lowest BCUT2D eigenvalue weighted by atomic mass is 10.1. The van der Waals surface area contributed by atoms with E-state index in [-0.39, 0.29) is 18.1 Å². The van der Waals surface area contributed by atoms with Crippen LogP contribution in [-0.2, 0) is 20.5 Å². The molecule has 0 aliphatic heterocycles.